The minimum Gasteiger partial charge on any atom is -0.478 e. The van der Waals surface area contributed by atoms with Gasteiger partial charge in [-0.2, -0.15) is 0 Å². The lowest BCUT2D eigenvalue weighted by Gasteiger charge is -2.25. The molecule has 0 aliphatic carbocycles. The normalized spacial score (nSPS) is 11.3. The molecule has 0 bridgehead atoms. The Labute approximate surface area is 106 Å². The van der Waals surface area contributed by atoms with Crippen LogP contribution in [0.15, 0.2) is 12.3 Å². The van der Waals surface area contributed by atoms with Crippen molar-refractivity contribution in [3.05, 3.63) is 17.8 Å². The number of aromatic carboxylic acids is 1. The monoisotopic (exact) mass is 253 g/mol. The molecule has 0 aliphatic heterocycles. The number of aromatic nitrogens is 1. The predicted molar refractivity (Wildman–Crippen MR) is 69.8 cm³/mol. The van der Waals surface area contributed by atoms with Crippen molar-refractivity contribution in [1.29, 1.82) is 0 Å². The fraction of sp³-hybridized carbons (Fsp3) is 0.500. The van der Waals surface area contributed by atoms with Gasteiger partial charge < -0.3 is 20.9 Å². The largest absolute Gasteiger partial charge is 0.478 e. The molecular weight excluding hydrogens is 234 g/mol. The van der Waals surface area contributed by atoms with Crippen molar-refractivity contribution >= 4 is 17.5 Å². The molecule has 1 aromatic rings. The summed E-state index contributed by atoms with van der Waals surface area (Å²) in [7, 11) is 0. The van der Waals surface area contributed by atoms with Crippen molar-refractivity contribution in [2.75, 3.05) is 24.2 Å². The van der Waals surface area contributed by atoms with Crippen LogP contribution in [0.1, 0.15) is 31.1 Å². The number of hydrogen-bond donors (Lipinski definition) is 3. The molecule has 0 aliphatic rings. The Morgan fingerprint density at radius 3 is 2.78 bits per heavy atom. The molecule has 1 aromatic heterocycles. The molecule has 0 atom stereocenters. The second kappa shape index (κ2) is 5.68. The fourth-order valence-electron chi connectivity index (χ4n) is 1.48. The Bertz CT molecular complexity index is 433. The van der Waals surface area contributed by atoms with E-state index in [1.165, 1.54) is 12.3 Å². The number of pyridine rings is 1. The average molecular weight is 253 g/mol. The first kappa shape index (κ1) is 14.2. The van der Waals surface area contributed by atoms with E-state index in [1.807, 2.05) is 20.8 Å². The summed E-state index contributed by atoms with van der Waals surface area (Å²) in [6, 6.07) is 1.38. The highest BCUT2D eigenvalue weighted by atomic mass is 16.5. The molecule has 100 valence electrons. The highest BCUT2D eigenvalue weighted by molar-refractivity contribution is 5.89. The lowest BCUT2D eigenvalue weighted by Crippen LogP contribution is -2.33. The Hall–Kier alpha value is -1.82. The van der Waals surface area contributed by atoms with Crippen LogP contribution < -0.4 is 11.1 Å². The van der Waals surface area contributed by atoms with Crippen LogP contribution in [0.25, 0.3) is 0 Å². The second-order valence-electron chi connectivity index (χ2n) is 4.51. The van der Waals surface area contributed by atoms with E-state index in [4.69, 9.17) is 15.6 Å². The summed E-state index contributed by atoms with van der Waals surface area (Å²) in [5.41, 5.74) is 5.77. The van der Waals surface area contributed by atoms with Crippen LogP contribution in [0.3, 0.4) is 0 Å². The molecule has 0 saturated heterocycles. The summed E-state index contributed by atoms with van der Waals surface area (Å²) < 4.78 is 5.53. The second-order valence-corrected chi connectivity index (χ2v) is 4.51. The number of nitrogens with two attached hydrogens (primary N) is 1. The van der Waals surface area contributed by atoms with Crippen LogP contribution in [0, 0.1) is 0 Å². The minimum absolute atomic E-state index is 0.0714. The summed E-state index contributed by atoms with van der Waals surface area (Å²) >= 11 is 0. The number of rotatable bonds is 6. The molecule has 0 saturated carbocycles. The molecule has 0 unspecified atom stereocenters. The van der Waals surface area contributed by atoms with Gasteiger partial charge in [-0.05, 0) is 26.8 Å². The van der Waals surface area contributed by atoms with Crippen molar-refractivity contribution in [2.45, 2.75) is 26.4 Å². The maximum atomic E-state index is 10.7. The molecule has 0 aromatic carbocycles. The van der Waals surface area contributed by atoms with Gasteiger partial charge in [-0.15, -0.1) is 0 Å². The van der Waals surface area contributed by atoms with E-state index in [-0.39, 0.29) is 11.2 Å². The molecule has 0 fully saturated rings. The molecular formula is C12H19N3O3. The molecule has 0 radical (unpaired) electrons. The van der Waals surface area contributed by atoms with Crippen LogP contribution in [0.4, 0.5) is 11.5 Å². The lowest BCUT2D eigenvalue weighted by atomic mass is 10.1. The number of nitrogens with zero attached hydrogens (tertiary/aromatic N) is 1. The number of carboxylic acid groups (broad SMARTS) is 1. The maximum absolute atomic E-state index is 10.7. The summed E-state index contributed by atoms with van der Waals surface area (Å²) in [5, 5.41) is 11.8. The van der Waals surface area contributed by atoms with Crippen molar-refractivity contribution in [2.24, 2.45) is 0 Å². The summed E-state index contributed by atoms with van der Waals surface area (Å²) in [6.07, 6.45) is 1.27. The van der Waals surface area contributed by atoms with E-state index in [2.05, 4.69) is 10.3 Å². The molecule has 4 N–H and O–H groups in total. The van der Waals surface area contributed by atoms with Crippen LogP contribution in [0.5, 0.6) is 0 Å². The van der Waals surface area contributed by atoms with E-state index in [0.717, 1.165) is 0 Å². The lowest BCUT2D eigenvalue weighted by molar-refractivity contribution is 0.000646. The van der Waals surface area contributed by atoms with Crippen LogP contribution in [-0.2, 0) is 4.74 Å². The van der Waals surface area contributed by atoms with E-state index >= 15 is 0 Å². The zero-order valence-electron chi connectivity index (χ0n) is 10.9. The molecule has 0 spiro atoms. The molecule has 18 heavy (non-hydrogen) atoms. The van der Waals surface area contributed by atoms with Gasteiger partial charge in [0.2, 0.25) is 0 Å². The first-order valence-electron chi connectivity index (χ1n) is 5.72. The summed E-state index contributed by atoms with van der Waals surface area (Å²) in [5.74, 6) is -0.580. The van der Waals surface area contributed by atoms with Crippen LogP contribution in [0.2, 0.25) is 0 Å². The Balaban J connectivity index is 2.71. The number of carbonyl (C=O) groups is 1. The highest BCUT2D eigenvalue weighted by Gasteiger charge is 2.18. The summed E-state index contributed by atoms with van der Waals surface area (Å²) in [6.45, 7) is 6.98. The smallest absolute Gasteiger partial charge is 0.337 e. The van der Waals surface area contributed by atoms with Gasteiger partial charge in [0.05, 0.1) is 16.9 Å². The molecule has 1 rings (SSSR count). The molecule has 6 heteroatoms. The van der Waals surface area contributed by atoms with Crippen molar-refractivity contribution in [1.82, 2.24) is 4.98 Å². The summed E-state index contributed by atoms with van der Waals surface area (Å²) in [4.78, 5) is 14.7. The van der Waals surface area contributed by atoms with Gasteiger partial charge in [0.25, 0.3) is 0 Å². The van der Waals surface area contributed by atoms with Gasteiger partial charge in [0.1, 0.15) is 5.82 Å². The number of hydrogen-bond acceptors (Lipinski definition) is 5. The Kier molecular flexibility index (Phi) is 4.49. The van der Waals surface area contributed by atoms with E-state index in [9.17, 15) is 4.79 Å². The van der Waals surface area contributed by atoms with Crippen molar-refractivity contribution in [3.63, 3.8) is 0 Å². The third kappa shape index (κ3) is 3.89. The standard InChI is InChI=1S/C12H19N3O3/c1-4-18-12(2,3)7-15-10-9(13)5-8(6-14-10)11(16)17/h5-6H,4,7,13H2,1-3H3,(H,14,15)(H,16,17). The number of carboxylic acids is 1. The number of anilines is 2. The zero-order chi connectivity index (χ0) is 13.8. The van der Waals surface area contributed by atoms with Crippen LogP contribution in [-0.4, -0.2) is 34.8 Å². The van der Waals surface area contributed by atoms with Crippen molar-refractivity contribution < 1.29 is 14.6 Å². The van der Waals surface area contributed by atoms with Gasteiger partial charge >= 0.3 is 5.97 Å². The third-order valence-electron chi connectivity index (χ3n) is 2.38. The first-order chi connectivity index (χ1) is 8.35. The molecule has 1 heterocycles. The van der Waals surface area contributed by atoms with E-state index in [0.29, 0.717) is 24.7 Å². The van der Waals surface area contributed by atoms with Gasteiger partial charge in [-0.25, -0.2) is 9.78 Å². The third-order valence-corrected chi connectivity index (χ3v) is 2.38. The van der Waals surface area contributed by atoms with E-state index in [1.54, 1.807) is 0 Å². The van der Waals surface area contributed by atoms with Gasteiger partial charge in [-0.3, -0.25) is 0 Å². The first-order valence-corrected chi connectivity index (χ1v) is 5.72. The number of nitrogen functional groups attached to an aromatic ring is 1. The molecule has 6 nitrogen and oxygen atoms in total. The quantitative estimate of drug-likeness (QED) is 0.712. The fourth-order valence-corrected chi connectivity index (χ4v) is 1.48. The van der Waals surface area contributed by atoms with Crippen LogP contribution >= 0.6 is 0 Å². The zero-order valence-corrected chi connectivity index (χ0v) is 10.9. The predicted octanol–water partition coefficient (Wildman–Crippen LogP) is 1.59. The average Bonchev–Trinajstić information content (AvgIpc) is 2.27. The Morgan fingerprint density at radius 1 is 1.61 bits per heavy atom. The number of nitrogens with one attached hydrogen (secondary N) is 1. The van der Waals surface area contributed by atoms with Crippen molar-refractivity contribution in [3.8, 4) is 0 Å². The highest BCUT2D eigenvalue weighted by Crippen LogP contribution is 2.18. The van der Waals surface area contributed by atoms with Gasteiger partial charge in [-0.1, -0.05) is 0 Å². The molecule has 0 amide bonds. The van der Waals surface area contributed by atoms with Gasteiger partial charge in [0, 0.05) is 19.3 Å². The minimum atomic E-state index is -1.05. The SMILES string of the molecule is CCOC(C)(C)CNc1ncc(C(=O)O)cc1N. The Morgan fingerprint density at radius 2 is 2.28 bits per heavy atom. The topological polar surface area (TPSA) is 97.5 Å². The maximum Gasteiger partial charge on any atom is 0.337 e. The van der Waals surface area contributed by atoms with E-state index < -0.39 is 5.97 Å². The number of ether oxygens (including phenoxy) is 1. The van der Waals surface area contributed by atoms with Gasteiger partial charge in [0.15, 0.2) is 0 Å².